The number of benzene rings is 1. The van der Waals surface area contributed by atoms with Gasteiger partial charge in [-0.2, -0.15) is 0 Å². The summed E-state index contributed by atoms with van der Waals surface area (Å²) in [5.74, 6) is -1.25. The van der Waals surface area contributed by atoms with E-state index in [0.29, 0.717) is 11.4 Å². The molecule has 0 aliphatic rings. The summed E-state index contributed by atoms with van der Waals surface area (Å²) in [7, 11) is -3.59. The van der Waals surface area contributed by atoms with Gasteiger partial charge < -0.3 is 9.30 Å². The number of rotatable bonds is 6. The summed E-state index contributed by atoms with van der Waals surface area (Å²) in [5.41, 5.74) is 0.547. The highest BCUT2D eigenvalue weighted by Crippen LogP contribution is 2.24. The molecule has 0 aliphatic carbocycles. The maximum Gasteiger partial charge on any atom is 0.269 e. The van der Waals surface area contributed by atoms with Crippen molar-refractivity contribution in [2.24, 2.45) is 0 Å². The normalized spacial score (nSPS) is 11.5. The van der Waals surface area contributed by atoms with E-state index in [1.807, 2.05) is 0 Å². The zero-order valence-corrected chi connectivity index (χ0v) is 18.3. The Bertz CT molecular complexity index is 1280. The molecule has 7 nitrogen and oxygen atoms in total. The van der Waals surface area contributed by atoms with E-state index in [1.165, 1.54) is 22.9 Å². The maximum atomic E-state index is 13.8. The van der Waals surface area contributed by atoms with Crippen LogP contribution in [0.5, 0.6) is 5.75 Å². The number of nitrogens with zero attached hydrogens (tertiary/aromatic N) is 3. The summed E-state index contributed by atoms with van der Waals surface area (Å²) in [5, 5.41) is -0.328. The maximum absolute atomic E-state index is 13.8. The molecule has 30 heavy (non-hydrogen) atoms. The van der Waals surface area contributed by atoms with Crippen LogP contribution < -0.4 is 10.3 Å². The number of halogens is 3. The standard InChI is InChI=1S/C19H16BrF2N3O4S/c1-11-7-16(29-10-12-3-4-13(21)8-15(12)22)17(20)18(26)25(11)9-14-5-6-23-19(24-14)30(2,27)28/h3-8H,9-10H2,1-2H3. The molecule has 0 fully saturated rings. The zero-order chi connectivity index (χ0) is 22.1. The molecular weight excluding hydrogens is 484 g/mol. The third-order valence-corrected chi connectivity index (χ3v) is 5.75. The van der Waals surface area contributed by atoms with Crippen molar-refractivity contribution < 1.29 is 21.9 Å². The highest BCUT2D eigenvalue weighted by Gasteiger charge is 2.16. The second-order valence-electron chi connectivity index (χ2n) is 6.48. The Labute approximate surface area is 179 Å². The number of sulfone groups is 1. The average molecular weight is 500 g/mol. The third-order valence-electron chi connectivity index (χ3n) is 4.16. The van der Waals surface area contributed by atoms with Gasteiger partial charge in [0, 0.05) is 35.8 Å². The second kappa shape index (κ2) is 8.60. The predicted molar refractivity (Wildman–Crippen MR) is 108 cm³/mol. The molecule has 158 valence electrons. The quantitative estimate of drug-likeness (QED) is 0.484. The molecule has 0 saturated heterocycles. The lowest BCUT2D eigenvalue weighted by Gasteiger charge is -2.14. The Morgan fingerprint density at radius 2 is 1.93 bits per heavy atom. The summed E-state index contributed by atoms with van der Waals surface area (Å²) in [6.07, 6.45) is 2.30. The first-order valence-electron chi connectivity index (χ1n) is 8.55. The van der Waals surface area contributed by atoms with Crippen LogP contribution in [0, 0.1) is 18.6 Å². The molecule has 1 aromatic carbocycles. The van der Waals surface area contributed by atoms with Gasteiger partial charge in [0.25, 0.3) is 5.56 Å². The van der Waals surface area contributed by atoms with E-state index in [4.69, 9.17) is 4.74 Å². The molecule has 0 spiro atoms. The summed E-state index contributed by atoms with van der Waals surface area (Å²) < 4.78 is 57.1. The Morgan fingerprint density at radius 3 is 2.60 bits per heavy atom. The van der Waals surface area contributed by atoms with Gasteiger partial charge in [0.2, 0.25) is 15.0 Å². The number of hydrogen-bond acceptors (Lipinski definition) is 6. The van der Waals surface area contributed by atoms with Crippen LogP contribution in [0.25, 0.3) is 0 Å². The zero-order valence-electron chi connectivity index (χ0n) is 15.9. The van der Waals surface area contributed by atoms with Crippen LogP contribution in [0.1, 0.15) is 17.0 Å². The predicted octanol–water partition coefficient (Wildman–Crippen LogP) is 3.02. The fourth-order valence-corrected chi connectivity index (χ4v) is 3.59. The van der Waals surface area contributed by atoms with Crippen molar-refractivity contribution in [1.82, 2.24) is 14.5 Å². The fourth-order valence-electron chi connectivity index (χ4n) is 2.62. The van der Waals surface area contributed by atoms with Crippen LogP contribution in [0.2, 0.25) is 0 Å². The van der Waals surface area contributed by atoms with Gasteiger partial charge in [-0.1, -0.05) is 0 Å². The topological polar surface area (TPSA) is 91.2 Å². The van der Waals surface area contributed by atoms with Crippen molar-refractivity contribution in [1.29, 1.82) is 0 Å². The van der Waals surface area contributed by atoms with E-state index in [-0.39, 0.29) is 34.1 Å². The van der Waals surface area contributed by atoms with Crippen molar-refractivity contribution in [2.45, 2.75) is 25.2 Å². The van der Waals surface area contributed by atoms with Crippen LogP contribution in [0.3, 0.4) is 0 Å². The van der Waals surface area contributed by atoms with Gasteiger partial charge in [0.15, 0.2) is 0 Å². The van der Waals surface area contributed by atoms with Gasteiger partial charge in [-0.25, -0.2) is 27.2 Å². The van der Waals surface area contributed by atoms with E-state index in [9.17, 15) is 22.0 Å². The van der Waals surface area contributed by atoms with Crippen molar-refractivity contribution >= 4 is 25.8 Å². The number of pyridine rings is 1. The second-order valence-corrected chi connectivity index (χ2v) is 9.18. The molecule has 2 aromatic heterocycles. The Hall–Kier alpha value is -2.66. The number of aryl methyl sites for hydroxylation is 1. The summed E-state index contributed by atoms with van der Waals surface area (Å²) in [6, 6.07) is 6.22. The molecular formula is C19H16BrF2N3O4S. The van der Waals surface area contributed by atoms with Gasteiger partial charge in [0.1, 0.15) is 28.5 Å². The monoisotopic (exact) mass is 499 g/mol. The molecule has 3 aromatic rings. The highest BCUT2D eigenvalue weighted by molar-refractivity contribution is 9.10. The molecule has 0 unspecified atom stereocenters. The van der Waals surface area contributed by atoms with Gasteiger partial charge in [-0.15, -0.1) is 0 Å². The summed E-state index contributed by atoms with van der Waals surface area (Å²) in [4.78, 5) is 20.5. The molecule has 3 rings (SSSR count). The van der Waals surface area contributed by atoms with Crippen LogP contribution in [0.15, 0.2) is 51.0 Å². The first-order chi connectivity index (χ1) is 14.1. The lowest BCUT2D eigenvalue weighted by molar-refractivity contribution is 0.295. The minimum absolute atomic E-state index is 0.0151. The number of hydrogen-bond donors (Lipinski definition) is 0. The van der Waals surface area contributed by atoms with Gasteiger partial charge in [0.05, 0.1) is 12.2 Å². The van der Waals surface area contributed by atoms with Gasteiger partial charge >= 0.3 is 0 Å². The van der Waals surface area contributed by atoms with Crippen molar-refractivity contribution in [3.05, 3.63) is 79.9 Å². The van der Waals surface area contributed by atoms with Crippen molar-refractivity contribution in [3.8, 4) is 5.75 Å². The Kier molecular flexibility index (Phi) is 6.32. The minimum Gasteiger partial charge on any atom is -0.487 e. The van der Waals surface area contributed by atoms with Gasteiger partial charge in [-0.05, 0) is 41.1 Å². The molecule has 0 aliphatic heterocycles. The molecule has 2 heterocycles. The highest BCUT2D eigenvalue weighted by atomic mass is 79.9. The van der Waals surface area contributed by atoms with Crippen LogP contribution >= 0.6 is 15.9 Å². The first-order valence-corrected chi connectivity index (χ1v) is 11.2. The van der Waals surface area contributed by atoms with Crippen molar-refractivity contribution in [2.75, 3.05) is 6.26 Å². The lowest BCUT2D eigenvalue weighted by Crippen LogP contribution is -2.25. The smallest absolute Gasteiger partial charge is 0.269 e. The third kappa shape index (κ3) is 4.90. The molecule has 0 radical (unpaired) electrons. The summed E-state index contributed by atoms with van der Waals surface area (Å²) in [6.45, 7) is 1.48. The SMILES string of the molecule is Cc1cc(OCc2ccc(F)cc2F)c(Br)c(=O)n1Cc1ccnc(S(C)(=O)=O)n1. The molecule has 0 bridgehead atoms. The van der Waals surface area contributed by atoms with E-state index >= 15 is 0 Å². The number of ether oxygens (including phenoxy) is 1. The largest absolute Gasteiger partial charge is 0.487 e. The average Bonchev–Trinajstić information content (AvgIpc) is 2.67. The molecule has 0 N–H and O–H groups in total. The van der Waals surface area contributed by atoms with E-state index in [2.05, 4.69) is 25.9 Å². The van der Waals surface area contributed by atoms with Crippen molar-refractivity contribution in [3.63, 3.8) is 0 Å². The fraction of sp³-hybridized carbons (Fsp3) is 0.211. The molecule has 11 heteroatoms. The van der Waals surface area contributed by atoms with Gasteiger partial charge in [-0.3, -0.25) is 4.79 Å². The summed E-state index contributed by atoms with van der Waals surface area (Å²) >= 11 is 3.19. The first kappa shape index (κ1) is 22.0. The van der Waals surface area contributed by atoms with Crippen LogP contribution in [0.4, 0.5) is 8.78 Å². The molecule has 0 amide bonds. The molecule has 0 atom stereocenters. The van der Waals surface area contributed by atoms with E-state index < -0.39 is 27.0 Å². The lowest BCUT2D eigenvalue weighted by atomic mass is 10.2. The molecule has 0 saturated carbocycles. The van der Waals surface area contributed by atoms with Crippen LogP contribution in [-0.2, 0) is 23.0 Å². The number of aromatic nitrogens is 3. The minimum atomic E-state index is -3.59. The van der Waals surface area contributed by atoms with Crippen LogP contribution in [-0.4, -0.2) is 29.2 Å². The van der Waals surface area contributed by atoms with E-state index in [0.717, 1.165) is 18.4 Å². The van der Waals surface area contributed by atoms with E-state index in [1.54, 1.807) is 13.0 Å². The Balaban J connectivity index is 1.87. The Morgan fingerprint density at radius 1 is 1.20 bits per heavy atom.